The molecule has 0 atom stereocenters. The van der Waals surface area contributed by atoms with Crippen LogP contribution in [0, 0.1) is 12.7 Å². The quantitative estimate of drug-likeness (QED) is 0.615. The third-order valence-electron chi connectivity index (χ3n) is 3.70. The van der Waals surface area contributed by atoms with E-state index in [2.05, 4.69) is 12.6 Å². The van der Waals surface area contributed by atoms with Crippen LogP contribution in [0.2, 0.25) is 0 Å². The minimum absolute atomic E-state index is 0.0449. The van der Waals surface area contributed by atoms with Crippen LogP contribution >= 0.6 is 0 Å². The molecule has 3 aromatic carbocycles. The lowest BCUT2D eigenvalue weighted by Gasteiger charge is -2.12. The second kappa shape index (κ2) is 5.06. The first kappa shape index (κ1) is 13.4. The Labute approximate surface area is 123 Å². The molecule has 0 unspecified atom stereocenters. The summed E-state index contributed by atoms with van der Waals surface area (Å²) in [6, 6.07) is 16.3. The van der Waals surface area contributed by atoms with Gasteiger partial charge in [-0.1, -0.05) is 43.0 Å². The van der Waals surface area contributed by atoms with Crippen LogP contribution in [0.4, 0.5) is 4.39 Å². The van der Waals surface area contributed by atoms with Crippen molar-refractivity contribution in [3.05, 3.63) is 78.1 Å². The second-order valence-corrected chi connectivity index (χ2v) is 5.15. The molecule has 2 heteroatoms. The van der Waals surface area contributed by atoms with E-state index in [0.717, 1.165) is 27.5 Å². The summed E-state index contributed by atoms with van der Waals surface area (Å²) >= 11 is 0. The first-order valence-corrected chi connectivity index (χ1v) is 6.74. The van der Waals surface area contributed by atoms with E-state index in [9.17, 15) is 9.50 Å². The molecule has 0 aliphatic heterocycles. The van der Waals surface area contributed by atoms with E-state index in [4.69, 9.17) is 0 Å². The number of hydrogen-bond donors (Lipinski definition) is 1. The molecule has 1 nitrogen and oxygen atoms in total. The largest absolute Gasteiger partial charge is 0.508 e. The summed E-state index contributed by atoms with van der Waals surface area (Å²) in [6.45, 7) is 5.60. The summed E-state index contributed by atoms with van der Waals surface area (Å²) in [6.07, 6.45) is 0. The summed E-state index contributed by atoms with van der Waals surface area (Å²) < 4.78 is 13.1. The molecule has 0 amide bonds. The molecule has 0 aliphatic carbocycles. The fourth-order valence-corrected chi connectivity index (χ4v) is 2.61. The molecule has 0 spiro atoms. The molecule has 21 heavy (non-hydrogen) atoms. The second-order valence-electron chi connectivity index (χ2n) is 5.15. The topological polar surface area (TPSA) is 20.2 Å². The molecular weight excluding hydrogens is 263 g/mol. The highest BCUT2D eigenvalue weighted by Crippen LogP contribution is 2.33. The lowest BCUT2D eigenvalue weighted by molar-refractivity contribution is 0.514. The smallest absolute Gasteiger partial charge is 0.123 e. The molecule has 104 valence electrons. The van der Waals surface area contributed by atoms with Crippen molar-refractivity contribution in [3.63, 3.8) is 0 Å². The van der Waals surface area contributed by atoms with Gasteiger partial charge in [-0.2, -0.15) is 0 Å². The molecule has 3 aromatic rings. The van der Waals surface area contributed by atoms with Gasteiger partial charge in [-0.15, -0.1) is 0 Å². The number of fused-ring (bicyclic) bond motifs is 1. The number of aliphatic hydroxyl groups excluding tert-OH is 1. The Morgan fingerprint density at radius 2 is 1.67 bits per heavy atom. The zero-order chi connectivity index (χ0) is 15.0. The molecule has 0 saturated carbocycles. The molecule has 1 N–H and O–H groups in total. The van der Waals surface area contributed by atoms with E-state index in [-0.39, 0.29) is 11.6 Å². The molecule has 0 heterocycles. The summed E-state index contributed by atoms with van der Waals surface area (Å²) in [7, 11) is 0. The van der Waals surface area contributed by atoms with E-state index in [1.54, 1.807) is 12.1 Å². The Morgan fingerprint density at radius 1 is 1.00 bits per heavy atom. The fourth-order valence-electron chi connectivity index (χ4n) is 2.61. The number of aliphatic hydroxyl groups is 1. The van der Waals surface area contributed by atoms with Crippen LogP contribution in [0.5, 0.6) is 0 Å². The maximum absolute atomic E-state index is 13.1. The average Bonchev–Trinajstić information content (AvgIpc) is 2.48. The first-order chi connectivity index (χ1) is 10.1. The van der Waals surface area contributed by atoms with Crippen LogP contribution in [0.15, 0.2) is 61.2 Å². The highest BCUT2D eigenvalue weighted by Gasteiger charge is 2.09. The Hall–Kier alpha value is -2.61. The number of hydrogen-bond acceptors (Lipinski definition) is 1. The van der Waals surface area contributed by atoms with Crippen molar-refractivity contribution in [2.45, 2.75) is 6.92 Å². The number of aryl methyl sites for hydroxylation is 1. The lowest BCUT2D eigenvalue weighted by Crippen LogP contribution is -1.89. The van der Waals surface area contributed by atoms with Gasteiger partial charge in [0.05, 0.1) is 0 Å². The molecule has 0 fully saturated rings. The predicted octanol–water partition coefficient (Wildman–Crippen LogP) is 5.48. The molecule has 0 aromatic heterocycles. The SMILES string of the molecule is C=C(O)c1ccc2ccc(C)c(-c3ccc(F)cc3)c2c1. The average molecular weight is 278 g/mol. The minimum atomic E-state index is -0.249. The van der Waals surface area contributed by atoms with Crippen LogP contribution in [0.25, 0.3) is 27.7 Å². The first-order valence-electron chi connectivity index (χ1n) is 6.74. The van der Waals surface area contributed by atoms with Gasteiger partial charge in [-0.25, -0.2) is 4.39 Å². The monoisotopic (exact) mass is 278 g/mol. The van der Waals surface area contributed by atoms with Crippen molar-refractivity contribution in [2.24, 2.45) is 0 Å². The summed E-state index contributed by atoms with van der Waals surface area (Å²) in [5.74, 6) is -0.204. The molecule has 0 saturated heterocycles. The van der Waals surface area contributed by atoms with Crippen LogP contribution in [-0.4, -0.2) is 5.11 Å². The summed E-state index contributed by atoms with van der Waals surface area (Å²) in [5, 5.41) is 11.7. The van der Waals surface area contributed by atoms with E-state index in [1.807, 2.05) is 31.2 Å². The lowest BCUT2D eigenvalue weighted by atomic mass is 9.93. The van der Waals surface area contributed by atoms with Crippen molar-refractivity contribution in [1.29, 1.82) is 0 Å². The van der Waals surface area contributed by atoms with Gasteiger partial charge in [-0.05, 0) is 52.6 Å². The normalized spacial score (nSPS) is 10.8. The van der Waals surface area contributed by atoms with Gasteiger partial charge in [0.1, 0.15) is 11.6 Å². The van der Waals surface area contributed by atoms with Gasteiger partial charge in [0.2, 0.25) is 0 Å². The molecule has 3 rings (SSSR count). The van der Waals surface area contributed by atoms with Crippen molar-refractivity contribution in [1.82, 2.24) is 0 Å². The van der Waals surface area contributed by atoms with Crippen LogP contribution < -0.4 is 0 Å². The predicted molar refractivity (Wildman–Crippen MR) is 85.7 cm³/mol. The Kier molecular flexibility index (Phi) is 3.22. The Morgan fingerprint density at radius 3 is 2.33 bits per heavy atom. The molecular formula is C19H15FO. The van der Waals surface area contributed by atoms with E-state index >= 15 is 0 Å². The van der Waals surface area contributed by atoms with Gasteiger partial charge in [0.15, 0.2) is 0 Å². The van der Waals surface area contributed by atoms with Gasteiger partial charge in [0.25, 0.3) is 0 Å². The van der Waals surface area contributed by atoms with Crippen LogP contribution in [-0.2, 0) is 0 Å². The minimum Gasteiger partial charge on any atom is -0.508 e. The zero-order valence-electron chi connectivity index (χ0n) is 11.7. The summed E-state index contributed by atoms with van der Waals surface area (Å²) in [4.78, 5) is 0. The van der Waals surface area contributed by atoms with E-state index < -0.39 is 0 Å². The maximum Gasteiger partial charge on any atom is 0.123 e. The van der Waals surface area contributed by atoms with Gasteiger partial charge in [0, 0.05) is 5.56 Å². The molecule has 0 radical (unpaired) electrons. The Bertz CT molecular complexity index is 832. The zero-order valence-corrected chi connectivity index (χ0v) is 11.7. The number of benzene rings is 3. The maximum atomic E-state index is 13.1. The van der Waals surface area contributed by atoms with Crippen molar-refractivity contribution < 1.29 is 9.50 Å². The van der Waals surface area contributed by atoms with Crippen LogP contribution in [0.1, 0.15) is 11.1 Å². The number of halogens is 1. The van der Waals surface area contributed by atoms with Gasteiger partial charge < -0.3 is 5.11 Å². The van der Waals surface area contributed by atoms with Gasteiger partial charge in [-0.3, -0.25) is 0 Å². The van der Waals surface area contributed by atoms with E-state index in [0.29, 0.717) is 5.56 Å². The highest BCUT2D eigenvalue weighted by molar-refractivity contribution is 5.99. The van der Waals surface area contributed by atoms with E-state index in [1.165, 1.54) is 12.1 Å². The van der Waals surface area contributed by atoms with Gasteiger partial charge >= 0.3 is 0 Å². The third-order valence-corrected chi connectivity index (χ3v) is 3.70. The van der Waals surface area contributed by atoms with Crippen molar-refractivity contribution >= 4 is 16.5 Å². The fraction of sp³-hybridized carbons (Fsp3) is 0.0526. The number of rotatable bonds is 2. The standard InChI is InChI=1S/C19H15FO/c1-12-3-4-14-5-6-16(13(2)21)11-18(14)19(12)15-7-9-17(20)10-8-15/h3-11,21H,2H2,1H3. The van der Waals surface area contributed by atoms with Crippen LogP contribution in [0.3, 0.4) is 0 Å². The molecule has 0 bridgehead atoms. The van der Waals surface area contributed by atoms with Crippen molar-refractivity contribution in [2.75, 3.05) is 0 Å². The highest BCUT2D eigenvalue weighted by atomic mass is 19.1. The molecule has 0 aliphatic rings. The Balaban J connectivity index is 2.33. The van der Waals surface area contributed by atoms with Crippen molar-refractivity contribution in [3.8, 4) is 11.1 Å². The summed E-state index contributed by atoms with van der Waals surface area (Å²) in [5.41, 5.74) is 3.81. The third kappa shape index (κ3) is 2.40.